The fourth-order valence-electron chi connectivity index (χ4n) is 4.11. The van der Waals surface area contributed by atoms with Crippen LogP contribution >= 0.6 is 0 Å². The average Bonchev–Trinajstić information content (AvgIpc) is 2.40. The SMILES string of the molecule is CCNC1CCC(CC)CC1N1CCCCCCC1. The molecule has 2 nitrogen and oxygen atoms in total. The second-order valence-corrected chi connectivity index (χ2v) is 6.62. The molecule has 0 bridgehead atoms. The van der Waals surface area contributed by atoms with Crippen LogP contribution in [0.15, 0.2) is 0 Å². The molecule has 112 valence electrons. The van der Waals surface area contributed by atoms with Crippen molar-refractivity contribution in [2.75, 3.05) is 19.6 Å². The molecule has 19 heavy (non-hydrogen) atoms. The first-order chi connectivity index (χ1) is 9.35. The third-order valence-corrected chi connectivity index (χ3v) is 5.33. The van der Waals surface area contributed by atoms with Gasteiger partial charge in [-0.3, -0.25) is 4.90 Å². The van der Waals surface area contributed by atoms with Gasteiger partial charge in [-0.2, -0.15) is 0 Å². The van der Waals surface area contributed by atoms with E-state index in [2.05, 4.69) is 24.1 Å². The lowest BCUT2D eigenvalue weighted by atomic mass is 9.80. The summed E-state index contributed by atoms with van der Waals surface area (Å²) in [7, 11) is 0. The van der Waals surface area contributed by atoms with Crippen molar-refractivity contribution in [1.29, 1.82) is 0 Å². The summed E-state index contributed by atoms with van der Waals surface area (Å²) in [5.41, 5.74) is 0. The lowest BCUT2D eigenvalue weighted by Crippen LogP contribution is -2.53. The van der Waals surface area contributed by atoms with E-state index in [1.54, 1.807) is 0 Å². The number of rotatable bonds is 4. The van der Waals surface area contributed by atoms with Crippen molar-refractivity contribution >= 4 is 0 Å². The summed E-state index contributed by atoms with van der Waals surface area (Å²) < 4.78 is 0. The highest BCUT2D eigenvalue weighted by Gasteiger charge is 2.33. The lowest BCUT2D eigenvalue weighted by molar-refractivity contribution is 0.0884. The van der Waals surface area contributed by atoms with E-state index >= 15 is 0 Å². The zero-order chi connectivity index (χ0) is 13.5. The molecule has 0 radical (unpaired) electrons. The van der Waals surface area contributed by atoms with Gasteiger partial charge in [0.25, 0.3) is 0 Å². The Hall–Kier alpha value is -0.0800. The molecule has 2 rings (SSSR count). The summed E-state index contributed by atoms with van der Waals surface area (Å²) in [6, 6.07) is 1.57. The van der Waals surface area contributed by atoms with E-state index in [0.717, 1.165) is 24.5 Å². The Balaban J connectivity index is 1.97. The van der Waals surface area contributed by atoms with Crippen LogP contribution in [-0.4, -0.2) is 36.6 Å². The summed E-state index contributed by atoms with van der Waals surface area (Å²) in [6.45, 7) is 8.47. The highest BCUT2D eigenvalue weighted by Crippen LogP contribution is 2.31. The Morgan fingerprint density at radius 3 is 2.26 bits per heavy atom. The first-order valence-corrected chi connectivity index (χ1v) is 8.82. The fraction of sp³-hybridized carbons (Fsp3) is 1.00. The van der Waals surface area contributed by atoms with Crippen LogP contribution in [0.4, 0.5) is 0 Å². The predicted octanol–water partition coefficient (Wildman–Crippen LogP) is 3.81. The summed E-state index contributed by atoms with van der Waals surface area (Å²) in [5.74, 6) is 0.977. The van der Waals surface area contributed by atoms with Crippen molar-refractivity contribution in [1.82, 2.24) is 10.2 Å². The normalized spacial score (nSPS) is 34.7. The van der Waals surface area contributed by atoms with Gasteiger partial charge in [-0.25, -0.2) is 0 Å². The zero-order valence-corrected chi connectivity index (χ0v) is 13.2. The lowest BCUT2D eigenvalue weighted by Gasteiger charge is -2.43. The molecule has 1 saturated carbocycles. The van der Waals surface area contributed by atoms with Gasteiger partial charge < -0.3 is 5.32 Å². The quantitative estimate of drug-likeness (QED) is 0.832. The van der Waals surface area contributed by atoms with Gasteiger partial charge >= 0.3 is 0 Å². The molecule has 3 atom stereocenters. The van der Waals surface area contributed by atoms with Crippen molar-refractivity contribution in [3.05, 3.63) is 0 Å². The number of hydrogen-bond acceptors (Lipinski definition) is 2. The van der Waals surface area contributed by atoms with Crippen LogP contribution in [0.3, 0.4) is 0 Å². The van der Waals surface area contributed by atoms with E-state index in [-0.39, 0.29) is 0 Å². The van der Waals surface area contributed by atoms with Crippen LogP contribution in [0.5, 0.6) is 0 Å². The summed E-state index contributed by atoms with van der Waals surface area (Å²) in [5, 5.41) is 3.77. The topological polar surface area (TPSA) is 15.3 Å². The Morgan fingerprint density at radius 1 is 0.947 bits per heavy atom. The molecule has 2 fully saturated rings. The largest absolute Gasteiger partial charge is 0.313 e. The van der Waals surface area contributed by atoms with Crippen LogP contribution in [0.25, 0.3) is 0 Å². The first-order valence-electron chi connectivity index (χ1n) is 8.82. The van der Waals surface area contributed by atoms with Gasteiger partial charge in [0.15, 0.2) is 0 Å². The highest BCUT2D eigenvalue weighted by molar-refractivity contribution is 4.91. The Labute approximate surface area is 120 Å². The standard InChI is InChI=1S/C17H34N2/c1-3-15-10-11-16(18-4-2)17(14-15)19-12-8-6-5-7-9-13-19/h15-18H,3-14H2,1-2H3. The number of likely N-dealkylation sites (tertiary alicyclic amines) is 1. The number of nitrogens with zero attached hydrogens (tertiary/aromatic N) is 1. The van der Waals surface area contributed by atoms with Gasteiger partial charge in [0.05, 0.1) is 0 Å². The number of likely N-dealkylation sites (N-methyl/N-ethyl adjacent to an activating group) is 1. The molecule has 0 aromatic carbocycles. The Bertz CT molecular complexity index is 233. The smallest absolute Gasteiger partial charge is 0.0251 e. The van der Waals surface area contributed by atoms with Crippen LogP contribution < -0.4 is 5.32 Å². The third-order valence-electron chi connectivity index (χ3n) is 5.33. The van der Waals surface area contributed by atoms with Crippen molar-refractivity contribution in [3.63, 3.8) is 0 Å². The Morgan fingerprint density at radius 2 is 1.63 bits per heavy atom. The van der Waals surface area contributed by atoms with E-state index in [9.17, 15) is 0 Å². The molecule has 0 aromatic heterocycles. The maximum Gasteiger partial charge on any atom is 0.0251 e. The molecule has 1 aliphatic heterocycles. The van der Waals surface area contributed by atoms with Gasteiger partial charge in [0.1, 0.15) is 0 Å². The monoisotopic (exact) mass is 266 g/mol. The molecule has 3 unspecified atom stereocenters. The minimum absolute atomic E-state index is 0.757. The van der Waals surface area contributed by atoms with Gasteiger partial charge in [-0.15, -0.1) is 0 Å². The predicted molar refractivity (Wildman–Crippen MR) is 83.5 cm³/mol. The summed E-state index contributed by atoms with van der Waals surface area (Å²) in [4.78, 5) is 2.84. The van der Waals surface area contributed by atoms with Crippen molar-refractivity contribution in [2.45, 2.75) is 83.7 Å². The minimum atomic E-state index is 0.757. The molecule has 2 heteroatoms. The summed E-state index contributed by atoms with van der Waals surface area (Å²) in [6.07, 6.45) is 12.9. The number of hydrogen-bond donors (Lipinski definition) is 1. The van der Waals surface area contributed by atoms with Crippen LogP contribution in [0.2, 0.25) is 0 Å². The van der Waals surface area contributed by atoms with E-state index in [1.165, 1.54) is 70.9 Å². The maximum absolute atomic E-state index is 3.77. The van der Waals surface area contributed by atoms with Crippen LogP contribution in [0, 0.1) is 5.92 Å². The fourth-order valence-corrected chi connectivity index (χ4v) is 4.11. The Kier molecular flexibility index (Phi) is 6.66. The molecule has 2 aliphatic rings. The molecular weight excluding hydrogens is 232 g/mol. The first kappa shape index (κ1) is 15.3. The van der Waals surface area contributed by atoms with Crippen LogP contribution in [-0.2, 0) is 0 Å². The molecule has 1 N–H and O–H groups in total. The van der Waals surface area contributed by atoms with Crippen LogP contribution in [0.1, 0.15) is 71.6 Å². The highest BCUT2D eigenvalue weighted by atomic mass is 15.2. The molecule has 0 amide bonds. The van der Waals surface area contributed by atoms with E-state index in [4.69, 9.17) is 0 Å². The second kappa shape index (κ2) is 8.26. The van der Waals surface area contributed by atoms with Crippen molar-refractivity contribution < 1.29 is 0 Å². The van der Waals surface area contributed by atoms with Gasteiger partial charge in [0, 0.05) is 12.1 Å². The van der Waals surface area contributed by atoms with E-state index in [1.807, 2.05) is 0 Å². The molecule has 1 saturated heterocycles. The van der Waals surface area contributed by atoms with Gasteiger partial charge in [-0.1, -0.05) is 39.5 Å². The van der Waals surface area contributed by atoms with Crippen molar-refractivity contribution in [2.24, 2.45) is 5.92 Å². The molecular formula is C17H34N2. The molecule has 0 spiro atoms. The molecule has 0 aromatic rings. The van der Waals surface area contributed by atoms with Gasteiger partial charge in [-0.05, 0) is 57.7 Å². The summed E-state index contributed by atoms with van der Waals surface area (Å²) >= 11 is 0. The van der Waals surface area contributed by atoms with E-state index < -0.39 is 0 Å². The molecule has 1 heterocycles. The van der Waals surface area contributed by atoms with Gasteiger partial charge in [0.2, 0.25) is 0 Å². The minimum Gasteiger partial charge on any atom is -0.313 e. The second-order valence-electron chi connectivity index (χ2n) is 6.62. The average molecular weight is 266 g/mol. The number of nitrogens with one attached hydrogen (secondary N) is 1. The third kappa shape index (κ3) is 4.46. The zero-order valence-electron chi connectivity index (χ0n) is 13.2. The molecule has 1 aliphatic carbocycles. The van der Waals surface area contributed by atoms with Crippen molar-refractivity contribution in [3.8, 4) is 0 Å². The van der Waals surface area contributed by atoms with E-state index in [0.29, 0.717) is 0 Å². The maximum atomic E-state index is 3.77.